The number of carbonyl (C=O) groups excluding carboxylic acids is 1. The second kappa shape index (κ2) is 6.90. The number of imidazole rings is 1. The van der Waals surface area contributed by atoms with Gasteiger partial charge in [-0.15, -0.1) is 11.3 Å². The summed E-state index contributed by atoms with van der Waals surface area (Å²) in [7, 11) is 0. The number of hydrogen-bond acceptors (Lipinski definition) is 3. The van der Waals surface area contributed by atoms with Crippen molar-refractivity contribution in [2.24, 2.45) is 0 Å². The van der Waals surface area contributed by atoms with Crippen molar-refractivity contribution in [3.8, 4) is 0 Å². The molecule has 26 heavy (non-hydrogen) atoms. The van der Waals surface area contributed by atoms with Crippen molar-refractivity contribution in [3.63, 3.8) is 0 Å². The van der Waals surface area contributed by atoms with Crippen LogP contribution in [0.1, 0.15) is 27.0 Å². The molecular weight excluding hydrogens is 373 g/mol. The van der Waals surface area contributed by atoms with Crippen molar-refractivity contribution in [1.82, 2.24) is 14.7 Å². The highest BCUT2D eigenvalue weighted by Gasteiger charge is 2.23. The summed E-state index contributed by atoms with van der Waals surface area (Å²) in [6.45, 7) is 0. The molecule has 7 heteroatoms. The van der Waals surface area contributed by atoms with E-state index in [9.17, 15) is 9.18 Å². The molecule has 4 aromatic rings. The molecule has 4 rings (SSSR count). The van der Waals surface area contributed by atoms with Gasteiger partial charge < -0.3 is 5.32 Å². The van der Waals surface area contributed by atoms with Gasteiger partial charge in [0, 0.05) is 11.1 Å². The van der Waals surface area contributed by atoms with E-state index in [2.05, 4.69) is 10.3 Å². The minimum atomic E-state index is -0.409. The molecule has 130 valence electrons. The van der Waals surface area contributed by atoms with Crippen molar-refractivity contribution in [1.29, 1.82) is 0 Å². The SMILES string of the molecule is O=C(N[C@H](c1ccc(F)cc1)c1cccs1)c1c(Cl)nc2ccccn12. The molecule has 0 bridgehead atoms. The summed E-state index contributed by atoms with van der Waals surface area (Å²) in [5, 5.41) is 5.06. The third-order valence-electron chi connectivity index (χ3n) is 4.01. The number of hydrogen-bond donors (Lipinski definition) is 1. The van der Waals surface area contributed by atoms with Crippen molar-refractivity contribution >= 4 is 34.5 Å². The molecule has 1 aromatic carbocycles. The van der Waals surface area contributed by atoms with E-state index in [0.29, 0.717) is 5.65 Å². The van der Waals surface area contributed by atoms with Crippen molar-refractivity contribution < 1.29 is 9.18 Å². The van der Waals surface area contributed by atoms with Crippen LogP contribution in [-0.4, -0.2) is 15.3 Å². The number of nitrogens with one attached hydrogen (secondary N) is 1. The van der Waals surface area contributed by atoms with E-state index in [1.807, 2.05) is 23.6 Å². The molecule has 0 unspecified atom stereocenters. The van der Waals surface area contributed by atoms with Crippen molar-refractivity contribution in [3.05, 3.63) is 93.3 Å². The molecule has 0 saturated heterocycles. The second-order valence-corrected chi connectivity index (χ2v) is 6.99. The van der Waals surface area contributed by atoms with Gasteiger partial charge in [0.1, 0.15) is 11.5 Å². The second-order valence-electron chi connectivity index (χ2n) is 5.65. The number of nitrogens with zero attached hydrogens (tertiary/aromatic N) is 2. The van der Waals surface area contributed by atoms with E-state index in [1.54, 1.807) is 34.9 Å². The fourth-order valence-electron chi connectivity index (χ4n) is 2.80. The van der Waals surface area contributed by atoms with Gasteiger partial charge >= 0.3 is 0 Å². The predicted molar refractivity (Wildman–Crippen MR) is 100 cm³/mol. The van der Waals surface area contributed by atoms with Crippen LogP contribution in [0.15, 0.2) is 66.2 Å². The Hall–Kier alpha value is -2.70. The van der Waals surface area contributed by atoms with E-state index >= 15 is 0 Å². The molecule has 0 aliphatic heterocycles. The van der Waals surface area contributed by atoms with Crippen molar-refractivity contribution in [2.45, 2.75) is 6.04 Å². The van der Waals surface area contributed by atoms with Crippen LogP contribution in [0, 0.1) is 5.82 Å². The Morgan fingerprint density at radius 1 is 1.15 bits per heavy atom. The van der Waals surface area contributed by atoms with Crippen molar-refractivity contribution in [2.75, 3.05) is 0 Å². The van der Waals surface area contributed by atoms with E-state index < -0.39 is 6.04 Å². The van der Waals surface area contributed by atoms with Gasteiger partial charge in [-0.3, -0.25) is 9.20 Å². The quantitative estimate of drug-likeness (QED) is 0.553. The van der Waals surface area contributed by atoms with Crippen LogP contribution in [0.3, 0.4) is 0 Å². The molecule has 1 amide bonds. The zero-order valence-corrected chi connectivity index (χ0v) is 15.0. The summed E-state index contributed by atoms with van der Waals surface area (Å²) in [4.78, 5) is 18.1. The number of halogens is 2. The summed E-state index contributed by atoms with van der Waals surface area (Å²) in [6.07, 6.45) is 1.74. The van der Waals surface area contributed by atoms with E-state index in [1.165, 1.54) is 23.5 Å². The standard InChI is InChI=1S/C19H13ClFN3OS/c20-18-17(24-10-2-1-5-15(24)22-18)19(25)23-16(14-4-3-11-26-14)12-6-8-13(21)9-7-12/h1-11,16H,(H,23,25)/t16-/m1/s1. The first-order valence-corrected chi connectivity index (χ1v) is 9.11. The molecule has 0 aliphatic carbocycles. The molecule has 0 fully saturated rings. The normalized spacial score (nSPS) is 12.2. The van der Waals surface area contributed by atoms with E-state index in [0.717, 1.165) is 10.4 Å². The highest BCUT2D eigenvalue weighted by atomic mass is 35.5. The molecule has 0 radical (unpaired) electrons. The Morgan fingerprint density at radius 3 is 2.69 bits per heavy atom. The molecule has 3 heterocycles. The molecule has 0 saturated carbocycles. The maximum atomic E-state index is 13.3. The lowest BCUT2D eigenvalue weighted by molar-refractivity contribution is 0.0938. The van der Waals surface area contributed by atoms with Gasteiger partial charge in [0.2, 0.25) is 0 Å². The molecular formula is C19H13ClFN3OS. The van der Waals surface area contributed by atoms with Crippen LogP contribution in [0.2, 0.25) is 5.15 Å². The molecule has 0 aliphatic rings. The number of aromatic nitrogens is 2. The maximum absolute atomic E-state index is 13.3. The van der Waals surface area contributed by atoms with Crippen LogP contribution in [0.4, 0.5) is 4.39 Å². The minimum absolute atomic E-state index is 0.137. The number of rotatable bonds is 4. The first-order chi connectivity index (χ1) is 12.6. The van der Waals surface area contributed by atoms with Gasteiger partial charge in [-0.25, -0.2) is 9.37 Å². The first-order valence-electron chi connectivity index (χ1n) is 7.86. The summed E-state index contributed by atoms with van der Waals surface area (Å²) < 4.78 is 14.9. The van der Waals surface area contributed by atoms with Gasteiger partial charge in [0.15, 0.2) is 10.8 Å². The van der Waals surface area contributed by atoms with Gasteiger partial charge in [0.05, 0.1) is 6.04 Å². The smallest absolute Gasteiger partial charge is 0.272 e. The number of benzene rings is 1. The van der Waals surface area contributed by atoms with Crippen LogP contribution in [0.25, 0.3) is 5.65 Å². The third kappa shape index (κ3) is 3.09. The zero-order valence-electron chi connectivity index (χ0n) is 13.4. The highest BCUT2D eigenvalue weighted by molar-refractivity contribution is 7.10. The molecule has 3 aromatic heterocycles. The van der Waals surface area contributed by atoms with Gasteiger partial charge in [0.25, 0.3) is 5.91 Å². The number of amides is 1. The average molecular weight is 386 g/mol. The average Bonchev–Trinajstić information content (AvgIpc) is 3.27. The molecule has 1 atom stereocenters. The first kappa shape index (κ1) is 16.8. The van der Waals surface area contributed by atoms with E-state index in [-0.39, 0.29) is 22.6 Å². The largest absolute Gasteiger partial charge is 0.339 e. The monoisotopic (exact) mass is 385 g/mol. The van der Waals surface area contributed by atoms with Crippen LogP contribution >= 0.6 is 22.9 Å². The summed E-state index contributed by atoms with van der Waals surface area (Å²) in [5.74, 6) is -0.675. The zero-order chi connectivity index (χ0) is 18.1. The van der Waals surface area contributed by atoms with Gasteiger partial charge in [-0.05, 0) is 41.3 Å². The van der Waals surface area contributed by atoms with Crippen LogP contribution in [0.5, 0.6) is 0 Å². The third-order valence-corrected chi connectivity index (χ3v) is 5.21. The lowest BCUT2D eigenvalue weighted by Gasteiger charge is -2.18. The number of thiophene rings is 1. The lowest BCUT2D eigenvalue weighted by atomic mass is 10.1. The summed E-state index contributed by atoms with van der Waals surface area (Å²) in [5.41, 5.74) is 1.65. The Labute approximate surface area is 157 Å². The fourth-order valence-corrected chi connectivity index (χ4v) is 3.87. The Kier molecular flexibility index (Phi) is 4.44. The Bertz CT molecular complexity index is 1060. The minimum Gasteiger partial charge on any atom is -0.339 e. The van der Waals surface area contributed by atoms with Gasteiger partial charge in [-0.2, -0.15) is 0 Å². The topological polar surface area (TPSA) is 46.4 Å². The highest BCUT2D eigenvalue weighted by Crippen LogP contribution is 2.27. The van der Waals surface area contributed by atoms with Gasteiger partial charge in [-0.1, -0.05) is 35.9 Å². The summed E-state index contributed by atoms with van der Waals surface area (Å²) >= 11 is 7.71. The maximum Gasteiger partial charge on any atom is 0.272 e. The van der Waals surface area contributed by atoms with Crippen LogP contribution in [-0.2, 0) is 0 Å². The fraction of sp³-hybridized carbons (Fsp3) is 0.0526. The number of fused-ring (bicyclic) bond motifs is 1. The summed E-state index contributed by atoms with van der Waals surface area (Å²) in [6, 6.07) is 14.9. The Balaban J connectivity index is 1.72. The lowest BCUT2D eigenvalue weighted by Crippen LogP contribution is -2.30. The molecule has 4 nitrogen and oxygen atoms in total. The number of carbonyl (C=O) groups is 1. The van der Waals surface area contributed by atoms with Crippen LogP contribution < -0.4 is 5.32 Å². The predicted octanol–water partition coefficient (Wildman–Crippen LogP) is 4.71. The van der Waals surface area contributed by atoms with E-state index in [4.69, 9.17) is 11.6 Å². The Morgan fingerprint density at radius 2 is 1.96 bits per heavy atom. The number of pyridine rings is 1. The molecule has 1 N–H and O–H groups in total. The molecule has 0 spiro atoms.